The minimum Gasteiger partial charge on any atom is -0.314 e. The minimum atomic E-state index is -0.777. The van der Waals surface area contributed by atoms with Crippen LogP contribution in [0.2, 0.25) is 5.02 Å². The third kappa shape index (κ3) is 3.90. The molecular weight excluding hydrogens is 348 g/mol. The van der Waals surface area contributed by atoms with E-state index in [-0.39, 0.29) is 6.61 Å². The van der Waals surface area contributed by atoms with E-state index < -0.39 is 5.09 Å². The zero-order valence-electron chi connectivity index (χ0n) is 12.5. The summed E-state index contributed by atoms with van der Waals surface area (Å²) in [7, 11) is 0. The maximum Gasteiger partial charge on any atom is 0.294 e. The fourth-order valence-electron chi connectivity index (χ4n) is 2.27. The molecule has 0 unspecified atom stereocenters. The molecule has 0 saturated carbocycles. The van der Waals surface area contributed by atoms with Gasteiger partial charge in [0.1, 0.15) is 11.6 Å². The summed E-state index contributed by atoms with van der Waals surface area (Å²) < 4.78 is 0. The topological polar surface area (TPSA) is 65.3 Å². The number of rotatable bonds is 6. The molecule has 0 saturated heterocycles. The Morgan fingerprint density at radius 1 is 1.08 bits per heavy atom. The number of benzene rings is 2. The van der Waals surface area contributed by atoms with Gasteiger partial charge in [-0.1, -0.05) is 54.1 Å². The molecule has 0 fully saturated rings. The van der Waals surface area contributed by atoms with E-state index in [9.17, 15) is 10.1 Å². The van der Waals surface area contributed by atoms with Crippen molar-refractivity contribution in [1.29, 1.82) is 0 Å². The lowest BCUT2D eigenvalue weighted by molar-refractivity contribution is -0.757. The van der Waals surface area contributed by atoms with Gasteiger partial charge in [0.2, 0.25) is 0 Å². The van der Waals surface area contributed by atoms with Crippen LogP contribution in [0.1, 0.15) is 4.88 Å². The minimum absolute atomic E-state index is 0.00398. The SMILES string of the molecule is O=[N+]([O-])OCCc1sc(-c2ccccc2)nc1-c1ccc(Cl)cc1. The number of aromatic nitrogens is 1. The Bertz CT molecular complexity index is 835. The van der Waals surface area contributed by atoms with Crippen LogP contribution >= 0.6 is 22.9 Å². The van der Waals surface area contributed by atoms with Gasteiger partial charge in [-0.15, -0.1) is 21.5 Å². The first-order valence-corrected chi connectivity index (χ1v) is 8.41. The van der Waals surface area contributed by atoms with Crippen molar-refractivity contribution in [3.05, 3.63) is 74.6 Å². The second-order valence-electron chi connectivity index (χ2n) is 4.97. The van der Waals surface area contributed by atoms with Gasteiger partial charge in [-0.25, -0.2) is 4.98 Å². The quantitative estimate of drug-likeness (QED) is 0.464. The molecule has 0 aliphatic carbocycles. The highest BCUT2D eigenvalue weighted by atomic mass is 35.5. The number of halogens is 1. The highest BCUT2D eigenvalue weighted by Gasteiger charge is 2.14. The second-order valence-corrected chi connectivity index (χ2v) is 6.49. The second kappa shape index (κ2) is 7.42. The molecule has 3 rings (SSSR count). The molecule has 7 heteroatoms. The van der Waals surface area contributed by atoms with Gasteiger partial charge in [0, 0.05) is 27.4 Å². The number of thiazole rings is 1. The Morgan fingerprint density at radius 2 is 1.79 bits per heavy atom. The molecule has 0 spiro atoms. The Hall–Kier alpha value is -2.44. The number of hydrogen-bond donors (Lipinski definition) is 0. The molecular formula is C17H13ClN2O3S. The van der Waals surface area contributed by atoms with Gasteiger partial charge < -0.3 is 4.84 Å². The lowest BCUT2D eigenvalue weighted by Gasteiger charge is -2.02. The third-order valence-electron chi connectivity index (χ3n) is 3.36. The molecule has 0 aliphatic rings. The van der Waals surface area contributed by atoms with E-state index in [1.807, 2.05) is 42.5 Å². The summed E-state index contributed by atoms with van der Waals surface area (Å²) in [6.07, 6.45) is 0.420. The molecule has 2 aromatic carbocycles. The molecule has 1 aromatic heterocycles. The zero-order chi connectivity index (χ0) is 16.9. The summed E-state index contributed by atoms with van der Waals surface area (Å²) in [5.74, 6) is 0. The van der Waals surface area contributed by atoms with Gasteiger partial charge in [0.05, 0.1) is 5.69 Å². The first-order valence-electron chi connectivity index (χ1n) is 7.22. The lowest BCUT2D eigenvalue weighted by atomic mass is 10.1. The summed E-state index contributed by atoms with van der Waals surface area (Å²) >= 11 is 7.46. The van der Waals surface area contributed by atoms with Crippen molar-refractivity contribution in [2.45, 2.75) is 6.42 Å². The fraction of sp³-hybridized carbons (Fsp3) is 0.118. The van der Waals surface area contributed by atoms with Crippen LogP contribution < -0.4 is 0 Å². The average Bonchev–Trinajstić information content (AvgIpc) is 3.00. The van der Waals surface area contributed by atoms with Gasteiger partial charge in [0.25, 0.3) is 5.09 Å². The Labute approximate surface area is 147 Å². The molecule has 3 aromatic rings. The van der Waals surface area contributed by atoms with Crippen molar-refractivity contribution in [1.82, 2.24) is 4.98 Å². The van der Waals surface area contributed by atoms with Crippen LogP contribution in [-0.4, -0.2) is 16.7 Å². The summed E-state index contributed by atoms with van der Waals surface area (Å²) in [5, 5.41) is 11.1. The lowest BCUT2D eigenvalue weighted by Crippen LogP contribution is -2.04. The summed E-state index contributed by atoms with van der Waals surface area (Å²) in [5.41, 5.74) is 2.75. The average molecular weight is 361 g/mol. The number of nitrogens with zero attached hydrogens (tertiary/aromatic N) is 2. The third-order valence-corrected chi connectivity index (χ3v) is 4.78. The van der Waals surface area contributed by atoms with Crippen LogP contribution in [-0.2, 0) is 11.3 Å². The first-order chi connectivity index (χ1) is 11.6. The van der Waals surface area contributed by atoms with Crippen molar-refractivity contribution in [3.63, 3.8) is 0 Å². The molecule has 0 atom stereocenters. The van der Waals surface area contributed by atoms with E-state index in [4.69, 9.17) is 16.6 Å². The van der Waals surface area contributed by atoms with Gasteiger partial charge in [-0.3, -0.25) is 0 Å². The van der Waals surface area contributed by atoms with Crippen LogP contribution in [0.25, 0.3) is 21.8 Å². The molecule has 0 bridgehead atoms. The fourth-order valence-corrected chi connectivity index (χ4v) is 3.47. The molecule has 0 radical (unpaired) electrons. The van der Waals surface area contributed by atoms with Gasteiger partial charge >= 0.3 is 0 Å². The van der Waals surface area contributed by atoms with Crippen molar-refractivity contribution >= 4 is 22.9 Å². The first kappa shape index (κ1) is 16.4. The zero-order valence-corrected chi connectivity index (χ0v) is 14.1. The maximum atomic E-state index is 10.4. The van der Waals surface area contributed by atoms with E-state index in [0.717, 1.165) is 26.7 Å². The predicted octanol–water partition coefficient (Wildman–Crippen LogP) is 4.88. The monoisotopic (exact) mass is 360 g/mol. The summed E-state index contributed by atoms with van der Waals surface area (Å²) in [6, 6.07) is 17.2. The predicted molar refractivity (Wildman–Crippen MR) is 94.6 cm³/mol. The van der Waals surface area contributed by atoms with Gasteiger partial charge in [0.15, 0.2) is 0 Å². The molecule has 122 valence electrons. The van der Waals surface area contributed by atoms with Crippen LogP contribution in [0, 0.1) is 10.1 Å². The normalized spacial score (nSPS) is 10.5. The molecule has 24 heavy (non-hydrogen) atoms. The molecule has 5 nitrogen and oxygen atoms in total. The largest absolute Gasteiger partial charge is 0.314 e. The van der Waals surface area contributed by atoms with Crippen molar-refractivity contribution in [3.8, 4) is 21.8 Å². The molecule has 0 amide bonds. The Kier molecular flexibility index (Phi) is 5.08. The van der Waals surface area contributed by atoms with E-state index in [1.54, 1.807) is 12.1 Å². The van der Waals surface area contributed by atoms with E-state index in [1.165, 1.54) is 11.3 Å². The van der Waals surface area contributed by atoms with Crippen molar-refractivity contribution < 1.29 is 9.92 Å². The van der Waals surface area contributed by atoms with Gasteiger partial charge in [-0.2, -0.15) is 0 Å². The van der Waals surface area contributed by atoms with Gasteiger partial charge in [-0.05, 0) is 12.1 Å². The molecule has 0 aliphatic heterocycles. The van der Waals surface area contributed by atoms with Crippen molar-refractivity contribution in [2.75, 3.05) is 6.61 Å². The van der Waals surface area contributed by atoms with Crippen LogP contribution in [0.5, 0.6) is 0 Å². The summed E-state index contributed by atoms with van der Waals surface area (Å²) in [6.45, 7) is 0.00398. The maximum absolute atomic E-state index is 10.4. The van der Waals surface area contributed by atoms with E-state index in [0.29, 0.717) is 11.4 Å². The van der Waals surface area contributed by atoms with E-state index in [2.05, 4.69) is 4.84 Å². The standard InChI is InChI=1S/C17H13ClN2O3S/c18-14-8-6-12(7-9-14)16-15(10-11-23-20(21)22)24-17(19-16)13-4-2-1-3-5-13/h1-9H,10-11H2. The van der Waals surface area contributed by atoms with Crippen LogP contribution in [0.15, 0.2) is 54.6 Å². The Balaban J connectivity index is 1.96. The summed E-state index contributed by atoms with van der Waals surface area (Å²) in [4.78, 5) is 20.5. The molecule has 1 heterocycles. The number of hydrogen-bond acceptors (Lipinski definition) is 5. The van der Waals surface area contributed by atoms with E-state index >= 15 is 0 Å². The Morgan fingerprint density at radius 3 is 2.46 bits per heavy atom. The van der Waals surface area contributed by atoms with Crippen molar-refractivity contribution in [2.24, 2.45) is 0 Å². The highest BCUT2D eigenvalue weighted by Crippen LogP contribution is 2.34. The highest BCUT2D eigenvalue weighted by molar-refractivity contribution is 7.15. The van der Waals surface area contributed by atoms with Crippen LogP contribution in [0.4, 0.5) is 0 Å². The van der Waals surface area contributed by atoms with Crippen LogP contribution in [0.3, 0.4) is 0 Å². The smallest absolute Gasteiger partial charge is 0.294 e. The molecule has 0 N–H and O–H groups in total.